The largest absolute Gasteiger partial charge is 0.0984 e. The smallest absolute Gasteiger partial charge is 0.00139 e. The van der Waals surface area contributed by atoms with Gasteiger partial charge in [0.1, 0.15) is 0 Å². The highest BCUT2D eigenvalue weighted by molar-refractivity contribution is 6.31. The molecule has 0 nitrogen and oxygen atoms in total. The molecule has 0 aliphatic heterocycles. The molecule has 0 atom stereocenters. The molecule has 336 valence electrons. The number of hydrogen-bond donors (Lipinski definition) is 0. The lowest BCUT2D eigenvalue weighted by molar-refractivity contribution is 1.44. The summed E-state index contributed by atoms with van der Waals surface area (Å²) in [5.74, 6) is 0. The fourth-order valence-corrected chi connectivity index (χ4v) is 12.5. The Kier molecular flexibility index (Phi) is 9.76. The van der Waals surface area contributed by atoms with Gasteiger partial charge >= 0.3 is 0 Å². The van der Waals surface area contributed by atoms with E-state index in [9.17, 15) is 0 Å². The Bertz CT molecular complexity index is 4510. The number of allylic oxidation sites excluding steroid dienone is 3. The molecular weight excluding hydrogens is 865 g/mol. The van der Waals surface area contributed by atoms with Gasteiger partial charge in [-0.25, -0.2) is 0 Å². The van der Waals surface area contributed by atoms with Crippen LogP contribution in [0.25, 0.3) is 155 Å². The third-order valence-corrected chi connectivity index (χ3v) is 15.5. The molecule has 0 fully saturated rings. The maximum atomic E-state index is 4.33. The van der Waals surface area contributed by atoms with Gasteiger partial charge in [-0.3, -0.25) is 0 Å². The lowest BCUT2D eigenvalue weighted by Gasteiger charge is -2.24. The summed E-state index contributed by atoms with van der Waals surface area (Å²) in [5, 5.41) is 19.9. The van der Waals surface area contributed by atoms with Crippen LogP contribution in [0.4, 0.5) is 0 Å². The second-order valence-electron chi connectivity index (χ2n) is 19.3. The zero-order chi connectivity index (χ0) is 47.9. The predicted molar refractivity (Wildman–Crippen MR) is 316 cm³/mol. The lowest BCUT2D eigenvalue weighted by Crippen LogP contribution is -1.97. The lowest BCUT2D eigenvalue weighted by atomic mass is 9.79. The van der Waals surface area contributed by atoms with Gasteiger partial charge in [0.25, 0.3) is 0 Å². The highest BCUT2D eigenvalue weighted by Crippen LogP contribution is 2.52. The van der Waals surface area contributed by atoms with Gasteiger partial charge in [0.2, 0.25) is 0 Å². The summed E-state index contributed by atoms with van der Waals surface area (Å²) in [7, 11) is 0. The summed E-state index contributed by atoms with van der Waals surface area (Å²) in [6.45, 7) is 6.43. The molecule has 72 heavy (non-hydrogen) atoms. The topological polar surface area (TPSA) is 0 Å². The minimum Gasteiger partial charge on any atom is -0.0984 e. The number of hydrogen-bond acceptors (Lipinski definition) is 0. The molecule has 0 bridgehead atoms. The van der Waals surface area contributed by atoms with Gasteiger partial charge in [0.15, 0.2) is 0 Å². The highest BCUT2D eigenvalue weighted by atomic mass is 14.3. The average molecular weight is 913 g/mol. The molecule has 0 saturated carbocycles. The molecule has 0 N–H and O–H groups in total. The second-order valence-corrected chi connectivity index (χ2v) is 19.3. The minimum atomic E-state index is 0.904. The fourth-order valence-electron chi connectivity index (χ4n) is 12.5. The van der Waals surface area contributed by atoms with Crippen LogP contribution in [0.15, 0.2) is 231 Å². The summed E-state index contributed by atoms with van der Waals surface area (Å²) in [4.78, 5) is 0. The first-order chi connectivity index (χ1) is 35.7. The van der Waals surface area contributed by atoms with Gasteiger partial charge < -0.3 is 0 Å². The van der Waals surface area contributed by atoms with E-state index in [1.807, 2.05) is 6.08 Å². The number of fused-ring (bicyclic) bond motifs is 13. The van der Waals surface area contributed by atoms with E-state index >= 15 is 0 Å². The Labute approximate surface area is 419 Å². The van der Waals surface area contributed by atoms with E-state index in [-0.39, 0.29) is 0 Å². The Morgan fingerprint density at radius 1 is 0.361 bits per heavy atom. The van der Waals surface area contributed by atoms with Gasteiger partial charge in [0, 0.05) is 0 Å². The van der Waals surface area contributed by atoms with Crippen molar-refractivity contribution in [2.24, 2.45) is 0 Å². The summed E-state index contributed by atoms with van der Waals surface area (Å²) in [5.41, 5.74) is 14.6. The van der Waals surface area contributed by atoms with Crippen LogP contribution in [0.2, 0.25) is 0 Å². The highest BCUT2D eigenvalue weighted by Gasteiger charge is 2.25. The van der Waals surface area contributed by atoms with Crippen LogP contribution in [-0.4, -0.2) is 0 Å². The molecule has 0 unspecified atom stereocenters. The molecular formula is C72H48. The van der Waals surface area contributed by atoms with Crippen LogP contribution < -0.4 is 0 Å². The molecule has 14 rings (SSSR count). The molecule has 13 aromatic carbocycles. The van der Waals surface area contributed by atoms with E-state index in [0.29, 0.717) is 0 Å². The van der Waals surface area contributed by atoms with Crippen LogP contribution in [0, 0.1) is 0 Å². The molecule has 1 aliphatic rings. The van der Waals surface area contributed by atoms with Crippen molar-refractivity contribution < 1.29 is 0 Å². The van der Waals surface area contributed by atoms with E-state index in [4.69, 9.17) is 0 Å². The average Bonchev–Trinajstić information content (AvgIpc) is 3.70. The van der Waals surface area contributed by atoms with Crippen LogP contribution in [0.1, 0.15) is 35.6 Å². The van der Waals surface area contributed by atoms with E-state index in [0.717, 1.165) is 12.0 Å². The first kappa shape index (κ1) is 41.8. The van der Waals surface area contributed by atoms with Gasteiger partial charge in [-0.15, -0.1) is 0 Å². The minimum absolute atomic E-state index is 0.904. The molecule has 0 heteroatoms. The summed E-state index contributed by atoms with van der Waals surface area (Å²) in [6.07, 6.45) is 16.5. The normalized spacial score (nSPS) is 12.6. The van der Waals surface area contributed by atoms with Gasteiger partial charge in [-0.1, -0.05) is 243 Å². The van der Waals surface area contributed by atoms with Crippen LogP contribution in [0.3, 0.4) is 0 Å². The molecule has 0 aromatic heterocycles. The third-order valence-electron chi connectivity index (χ3n) is 15.5. The van der Waals surface area contributed by atoms with Gasteiger partial charge in [-0.05, 0) is 178 Å². The van der Waals surface area contributed by atoms with Gasteiger partial charge in [-0.2, -0.15) is 0 Å². The number of benzene rings is 13. The molecule has 0 heterocycles. The van der Waals surface area contributed by atoms with Crippen molar-refractivity contribution in [3.05, 3.63) is 253 Å². The molecule has 13 aromatic rings. The first-order valence-electron chi connectivity index (χ1n) is 25.2. The standard InChI is InChI=1S/C72H48/c1-3-20-52-49(4-2)53-27-10-14-31-59(53)67-43-47(39-41-61(52)67)69-65-37-18-35-63(54-33-16-23-45-21-6-5-7-25-50(45)54)71(65)70(66-38-19-36-64(72(66)69)55-34-17-24-46-22-8-9-26-51(46)55)48-40-42-62-58-30-12-11-28-56(58)57-29-13-15-32-60(57)68(62)44-48/h3-4,6-44H,2,5H2,1H3/b20-3-. The Morgan fingerprint density at radius 2 is 0.806 bits per heavy atom. The summed E-state index contributed by atoms with van der Waals surface area (Å²) >= 11 is 0. The number of rotatable bonds is 6. The zero-order valence-electron chi connectivity index (χ0n) is 40.1. The van der Waals surface area contributed by atoms with Crippen molar-refractivity contribution >= 4 is 110 Å². The predicted octanol–water partition coefficient (Wildman–Crippen LogP) is 20.7. The summed E-state index contributed by atoms with van der Waals surface area (Å²) in [6, 6.07) is 77.8. The van der Waals surface area contributed by atoms with E-state index in [2.05, 4.69) is 256 Å². The Hall–Kier alpha value is -9.10. The van der Waals surface area contributed by atoms with Crippen LogP contribution in [0.5, 0.6) is 0 Å². The Morgan fingerprint density at radius 3 is 1.46 bits per heavy atom. The van der Waals surface area contributed by atoms with Crippen LogP contribution >= 0.6 is 0 Å². The molecule has 0 saturated heterocycles. The van der Waals surface area contributed by atoms with Crippen molar-refractivity contribution in [2.75, 3.05) is 0 Å². The van der Waals surface area contributed by atoms with Crippen LogP contribution in [-0.2, 0) is 0 Å². The van der Waals surface area contributed by atoms with Crippen molar-refractivity contribution in [3.8, 4) is 44.5 Å². The zero-order valence-corrected chi connectivity index (χ0v) is 40.1. The summed E-state index contributed by atoms with van der Waals surface area (Å²) < 4.78 is 0. The molecule has 0 amide bonds. The maximum Gasteiger partial charge on any atom is -0.00139 e. The quantitative estimate of drug-likeness (QED) is 0.115. The van der Waals surface area contributed by atoms with Crippen molar-refractivity contribution in [1.29, 1.82) is 0 Å². The van der Waals surface area contributed by atoms with E-state index in [1.165, 1.54) is 147 Å². The van der Waals surface area contributed by atoms with Crippen molar-refractivity contribution in [1.82, 2.24) is 0 Å². The van der Waals surface area contributed by atoms with E-state index in [1.54, 1.807) is 0 Å². The first-order valence-corrected chi connectivity index (χ1v) is 25.2. The van der Waals surface area contributed by atoms with Gasteiger partial charge in [0.05, 0.1) is 0 Å². The molecule has 0 spiro atoms. The Balaban J connectivity index is 1.20. The molecule has 0 radical (unpaired) electrons. The molecule has 1 aliphatic carbocycles. The second kappa shape index (κ2) is 16.8. The van der Waals surface area contributed by atoms with E-state index < -0.39 is 0 Å². The maximum absolute atomic E-state index is 4.33. The fraction of sp³-hybridized carbons (Fsp3) is 0.0278. The third kappa shape index (κ3) is 6.32. The van der Waals surface area contributed by atoms with Crippen molar-refractivity contribution in [2.45, 2.75) is 13.3 Å². The van der Waals surface area contributed by atoms with Crippen molar-refractivity contribution in [3.63, 3.8) is 0 Å². The SMILES string of the molecule is C=Cc1c(/C=C\C)c2ccc(-c3c4cccc(-c5cccc6c5C=CCC=C6)c4c(-c4ccc5c6ccccc6c6ccccc6c5c4)c4cccc(-c5cccc6ccccc56)c34)cc2c2ccccc12. The monoisotopic (exact) mass is 912 g/mol.